The van der Waals surface area contributed by atoms with Crippen LogP contribution in [0, 0.1) is 0 Å². The standard InChI is InChI=1S/C13H14ClN3O2/c1-2-9(15)11-16-12(18)10(13(19)17-11)7-4-3-5-8(14)6-7/h3-6,9-10H,2,15H2,1H3,(H,16,17,18,19). The highest BCUT2D eigenvalue weighted by Gasteiger charge is 2.34. The molecule has 1 heterocycles. The van der Waals surface area contributed by atoms with Crippen LogP contribution in [0.25, 0.3) is 0 Å². The number of nitrogens with two attached hydrogens (primary N) is 1. The highest BCUT2D eigenvalue weighted by molar-refractivity contribution is 6.30. The Morgan fingerprint density at radius 1 is 1.47 bits per heavy atom. The number of hydrogen-bond acceptors (Lipinski definition) is 3. The van der Waals surface area contributed by atoms with Crippen molar-refractivity contribution in [2.24, 2.45) is 10.7 Å². The summed E-state index contributed by atoms with van der Waals surface area (Å²) < 4.78 is 0. The number of rotatable bonds is 3. The molecule has 1 aromatic rings. The molecule has 0 saturated heterocycles. The molecule has 0 spiro atoms. The number of aliphatic imine (C=N–C) groups is 1. The average molecular weight is 280 g/mol. The van der Waals surface area contributed by atoms with Gasteiger partial charge in [0.05, 0.1) is 6.04 Å². The zero-order valence-electron chi connectivity index (χ0n) is 10.4. The Kier molecular flexibility index (Phi) is 3.97. The maximum Gasteiger partial charge on any atom is 0.264 e. The largest absolute Gasteiger partial charge is 0.321 e. The van der Waals surface area contributed by atoms with Crippen molar-refractivity contribution in [2.75, 3.05) is 0 Å². The van der Waals surface area contributed by atoms with Crippen LogP contribution in [0.3, 0.4) is 0 Å². The van der Waals surface area contributed by atoms with E-state index in [0.717, 1.165) is 0 Å². The number of nitrogens with zero attached hydrogens (tertiary/aromatic N) is 1. The van der Waals surface area contributed by atoms with Gasteiger partial charge < -0.3 is 11.1 Å². The molecule has 3 N–H and O–H groups in total. The molecule has 0 bridgehead atoms. The third-order valence-corrected chi connectivity index (χ3v) is 3.20. The van der Waals surface area contributed by atoms with Crippen LogP contribution >= 0.6 is 11.6 Å². The molecule has 2 rings (SSSR count). The molecule has 1 aromatic carbocycles. The number of carbonyl (C=O) groups is 2. The maximum absolute atomic E-state index is 12.0. The Morgan fingerprint density at radius 2 is 2.21 bits per heavy atom. The molecule has 0 fully saturated rings. The monoisotopic (exact) mass is 279 g/mol. The summed E-state index contributed by atoms with van der Waals surface area (Å²) in [5.41, 5.74) is 6.29. The second kappa shape index (κ2) is 5.50. The molecule has 0 radical (unpaired) electrons. The van der Waals surface area contributed by atoms with Crippen LogP contribution in [-0.2, 0) is 9.59 Å². The first-order chi connectivity index (χ1) is 9.02. The van der Waals surface area contributed by atoms with Gasteiger partial charge in [0.15, 0.2) is 0 Å². The van der Waals surface area contributed by atoms with Gasteiger partial charge in [0, 0.05) is 5.02 Å². The topological polar surface area (TPSA) is 84.5 Å². The summed E-state index contributed by atoms with van der Waals surface area (Å²) in [6.07, 6.45) is 0.591. The van der Waals surface area contributed by atoms with E-state index in [9.17, 15) is 9.59 Å². The van der Waals surface area contributed by atoms with E-state index in [1.165, 1.54) is 0 Å². The number of amidine groups is 1. The lowest BCUT2D eigenvalue weighted by Crippen LogP contribution is -2.50. The van der Waals surface area contributed by atoms with Crippen LogP contribution in [0.2, 0.25) is 5.02 Å². The Morgan fingerprint density at radius 3 is 2.79 bits per heavy atom. The van der Waals surface area contributed by atoms with Crippen LogP contribution in [0.15, 0.2) is 29.3 Å². The van der Waals surface area contributed by atoms with Gasteiger partial charge in [0.1, 0.15) is 11.8 Å². The SMILES string of the molecule is CCC(N)C1=NC(=O)C(c2cccc(Cl)c2)C(=O)N1. The van der Waals surface area contributed by atoms with E-state index in [2.05, 4.69) is 10.3 Å². The summed E-state index contributed by atoms with van der Waals surface area (Å²) in [6.45, 7) is 1.85. The van der Waals surface area contributed by atoms with Crippen molar-refractivity contribution in [3.63, 3.8) is 0 Å². The molecule has 0 aliphatic carbocycles. The molecule has 2 amide bonds. The average Bonchev–Trinajstić information content (AvgIpc) is 2.37. The van der Waals surface area contributed by atoms with Crippen molar-refractivity contribution in [1.29, 1.82) is 0 Å². The number of carbonyl (C=O) groups excluding carboxylic acids is 2. The molecule has 19 heavy (non-hydrogen) atoms. The number of nitrogens with one attached hydrogen (secondary N) is 1. The Balaban J connectivity index is 2.33. The first-order valence-electron chi connectivity index (χ1n) is 5.97. The lowest BCUT2D eigenvalue weighted by molar-refractivity contribution is -0.129. The summed E-state index contributed by atoms with van der Waals surface area (Å²) in [5, 5.41) is 3.06. The molecular weight excluding hydrogens is 266 g/mol. The van der Waals surface area contributed by atoms with Crippen LogP contribution in [-0.4, -0.2) is 23.7 Å². The first kappa shape index (κ1) is 13.7. The van der Waals surface area contributed by atoms with Gasteiger partial charge in [0.2, 0.25) is 5.91 Å². The lowest BCUT2D eigenvalue weighted by Gasteiger charge is -2.23. The smallest absolute Gasteiger partial charge is 0.264 e. The van der Waals surface area contributed by atoms with E-state index >= 15 is 0 Å². The fraction of sp³-hybridized carbons (Fsp3) is 0.308. The normalized spacial score (nSPS) is 20.8. The van der Waals surface area contributed by atoms with E-state index in [1.54, 1.807) is 24.3 Å². The van der Waals surface area contributed by atoms with Gasteiger partial charge >= 0.3 is 0 Å². The number of hydrogen-bond donors (Lipinski definition) is 2. The summed E-state index contributed by atoms with van der Waals surface area (Å²) in [5.74, 6) is -1.65. The van der Waals surface area contributed by atoms with Gasteiger partial charge in [-0.1, -0.05) is 30.7 Å². The second-order valence-electron chi connectivity index (χ2n) is 4.33. The molecule has 6 heteroatoms. The third-order valence-electron chi connectivity index (χ3n) is 2.96. The highest BCUT2D eigenvalue weighted by Crippen LogP contribution is 2.23. The number of halogens is 1. The lowest BCUT2D eigenvalue weighted by atomic mass is 9.95. The number of benzene rings is 1. The van der Waals surface area contributed by atoms with E-state index in [1.807, 2.05) is 6.92 Å². The van der Waals surface area contributed by atoms with Crippen molar-refractivity contribution in [1.82, 2.24) is 5.32 Å². The minimum atomic E-state index is -0.952. The Hall–Kier alpha value is -1.72. The van der Waals surface area contributed by atoms with E-state index in [4.69, 9.17) is 17.3 Å². The molecule has 1 aliphatic heterocycles. The van der Waals surface area contributed by atoms with Crippen LogP contribution < -0.4 is 11.1 Å². The number of amides is 2. The minimum Gasteiger partial charge on any atom is -0.321 e. The fourth-order valence-electron chi connectivity index (χ4n) is 1.87. The van der Waals surface area contributed by atoms with Gasteiger partial charge in [-0.2, -0.15) is 4.99 Å². The Bertz CT molecular complexity index is 557. The molecule has 2 atom stereocenters. The zero-order chi connectivity index (χ0) is 14.0. The van der Waals surface area contributed by atoms with Crippen molar-refractivity contribution in [3.05, 3.63) is 34.9 Å². The van der Waals surface area contributed by atoms with Crippen molar-refractivity contribution >= 4 is 29.3 Å². The van der Waals surface area contributed by atoms with E-state index < -0.39 is 23.8 Å². The third kappa shape index (κ3) is 2.83. The Labute approximate surface area is 115 Å². The van der Waals surface area contributed by atoms with Crippen molar-refractivity contribution < 1.29 is 9.59 Å². The molecule has 2 unspecified atom stereocenters. The first-order valence-corrected chi connectivity index (χ1v) is 6.35. The molecule has 5 nitrogen and oxygen atoms in total. The molecule has 1 aliphatic rings. The molecule has 0 saturated carbocycles. The minimum absolute atomic E-state index is 0.232. The maximum atomic E-state index is 12.0. The zero-order valence-corrected chi connectivity index (χ0v) is 11.1. The van der Waals surface area contributed by atoms with Gasteiger partial charge in [-0.05, 0) is 24.1 Å². The summed E-state index contributed by atoms with van der Waals surface area (Å²) in [7, 11) is 0. The predicted molar refractivity (Wildman–Crippen MR) is 73.0 cm³/mol. The van der Waals surface area contributed by atoms with E-state index in [0.29, 0.717) is 17.0 Å². The van der Waals surface area contributed by atoms with Gasteiger partial charge in [-0.15, -0.1) is 0 Å². The predicted octanol–water partition coefficient (Wildman–Crippen LogP) is 1.22. The van der Waals surface area contributed by atoms with Crippen molar-refractivity contribution in [2.45, 2.75) is 25.3 Å². The molecule has 100 valence electrons. The van der Waals surface area contributed by atoms with Gasteiger partial charge in [-0.3, -0.25) is 9.59 Å². The molecule has 0 aromatic heterocycles. The summed E-state index contributed by atoms with van der Waals surface area (Å²) >= 11 is 5.86. The second-order valence-corrected chi connectivity index (χ2v) is 4.76. The van der Waals surface area contributed by atoms with Gasteiger partial charge in [0.25, 0.3) is 5.91 Å². The van der Waals surface area contributed by atoms with Crippen LogP contribution in [0.4, 0.5) is 0 Å². The van der Waals surface area contributed by atoms with Crippen LogP contribution in [0.5, 0.6) is 0 Å². The summed E-state index contributed by atoms with van der Waals surface area (Å²) in [6, 6.07) is 6.19. The quantitative estimate of drug-likeness (QED) is 0.816. The van der Waals surface area contributed by atoms with E-state index in [-0.39, 0.29) is 5.84 Å². The highest BCUT2D eigenvalue weighted by atomic mass is 35.5. The summed E-state index contributed by atoms with van der Waals surface area (Å²) in [4.78, 5) is 27.9. The van der Waals surface area contributed by atoms with Crippen molar-refractivity contribution in [3.8, 4) is 0 Å². The molecular formula is C13H14ClN3O2. The van der Waals surface area contributed by atoms with Crippen LogP contribution in [0.1, 0.15) is 24.8 Å². The van der Waals surface area contributed by atoms with Gasteiger partial charge in [-0.25, -0.2) is 0 Å². The fourth-order valence-corrected chi connectivity index (χ4v) is 2.07.